The summed E-state index contributed by atoms with van der Waals surface area (Å²) >= 11 is 21.4. The summed E-state index contributed by atoms with van der Waals surface area (Å²) in [5, 5.41) is 14.4. The molecule has 0 saturated carbocycles. The maximum Gasteiger partial charge on any atom is 0.120 e. The number of rotatable bonds is 3. The van der Waals surface area contributed by atoms with Crippen LogP contribution in [0, 0.1) is 0 Å². The molecule has 0 spiro atoms. The summed E-state index contributed by atoms with van der Waals surface area (Å²) in [7, 11) is 0. The predicted molar refractivity (Wildman–Crippen MR) is 84.6 cm³/mol. The van der Waals surface area contributed by atoms with Crippen molar-refractivity contribution in [3.63, 3.8) is 0 Å². The van der Waals surface area contributed by atoms with E-state index in [1.54, 1.807) is 30.3 Å². The summed E-state index contributed by atoms with van der Waals surface area (Å²) in [5.74, 6) is 0.168. The second kappa shape index (κ2) is 6.23. The highest BCUT2D eigenvalue weighted by Crippen LogP contribution is 2.34. The predicted octanol–water partition coefficient (Wildman–Crippen LogP) is 5.73. The Morgan fingerprint density at radius 1 is 1.05 bits per heavy atom. The largest absolute Gasteiger partial charge is 0.508 e. The molecule has 0 aliphatic carbocycles. The lowest BCUT2D eigenvalue weighted by Crippen LogP contribution is -2.01. The second-order valence-corrected chi connectivity index (χ2v) is 6.04. The zero-order valence-electron chi connectivity index (χ0n) is 9.55. The maximum atomic E-state index is 9.72. The molecule has 0 aliphatic rings. The van der Waals surface area contributed by atoms with E-state index in [9.17, 15) is 5.11 Å². The normalized spacial score (nSPS) is 10.5. The molecule has 19 heavy (non-hydrogen) atoms. The van der Waals surface area contributed by atoms with Crippen molar-refractivity contribution >= 4 is 56.4 Å². The van der Waals surface area contributed by atoms with Gasteiger partial charge in [-0.3, -0.25) is 0 Å². The number of halogens is 4. The molecular weight excluding hydrogens is 372 g/mol. The van der Waals surface area contributed by atoms with Crippen LogP contribution in [0.15, 0.2) is 34.8 Å². The lowest BCUT2D eigenvalue weighted by Gasteiger charge is -2.12. The number of phenolic OH excluding ortho intramolecular Hbond substituents is 1. The number of hydrogen-bond donors (Lipinski definition) is 2. The fraction of sp³-hybridized carbons (Fsp3) is 0.0769. The van der Waals surface area contributed by atoms with Crippen molar-refractivity contribution in [3.8, 4) is 5.75 Å². The zero-order valence-corrected chi connectivity index (χ0v) is 13.4. The quantitative estimate of drug-likeness (QED) is 0.712. The fourth-order valence-electron chi connectivity index (χ4n) is 1.59. The minimum Gasteiger partial charge on any atom is -0.508 e. The molecule has 0 unspecified atom stereocenters. The molecule has 0 amide bonds. The minimum absolute atomic E-state index is 0.168. The zero-order chi connectivity index (χ0) is 14.0. The molecule has 0 aliphatic heterocycles. The average molecular weight is 381 g/mol. The van der Waals surface area contributed by atoms with Crippen LogP contribution in [0.25, 0.3) is 0 Å². The molecule has 2 rings (SSSR count). The topological polar surface area (TPSA) is 32.3 Å². The van der Waals surface area contributed by atoms with E-state index in [-0.39, 0.29) is 5.75 Å². The van der Waals surface area contributed by atoms with E-state index >= 15 is 0 Å². The third-order valence-electron chi connectivity index (χ3n) is 2.50. The van der Waals surface area contributed by atoms with Crippen LogP contribution in [0.3, 0.4) is 0 Å². The van der Waals surface area contributed by atoms with Crippen LogP contribution in [0.5, 0.6) is 5.75 Å². The molecule has 0 fully saturated rings. The molecule has 2 aromatic carbocycles. The number of benzene rings is 2. The third-order valence-corrected chi connectivity index (χ3v) is 3.79. The average Bonchev–Trinajstić information content (AvgIpc) is 2.32. The van der Waals surface area contributed by atoms with Gasteiger partial charge in [-0.15, -0.1) is 0 Å². The Labute approximate surface area is 134 Å². The Kier molecular flexibility index (Phi) is 4.85. The van der Waals surface area contributed by atoms with Gasteiger partial charge in [-0.1, -0.05) is 50.7 Å². The first-order chi connectivity index (χ1) is 8.97. The Bertz CT molecular complexity index is 596. The van der Waals surface area contributed by atoms with Gasteiger partial charge in [0, 0.05) is 21.6 Å². The SMILES string of the molecule is Oc1ccc(Cl)cc1CNc1c(Cl)cc(Br)cc1Cl. The Morgan fingerprint density at radius 2 is 1.68 bits per heavy atom. The van der Waals surface area contributed by atoms with E-state index in [0.29, 0.717) is 32.9 Å². The Hall–Kier alpha value is -0.610. The fourth-order valence-corrected chi connectivity index (χ4v) is 3.13. The van der Waals surface area contributed by atoms with Crippen LogP contribution < -0.4 is 5.32 Å². The van der Waals surface area contributed by atoms with E-state index < -0.39 is 0 Å². The van der Waals surface area contributed by atoms with Crippen LogP contribution in [0.1, 0.15) is 5.56 Å². The standard InChI is InChI=1S/C13H9BrCl3NO/c14-8-4-10(16)13(11(17)5-8)18-6-7-3-9(15)1-2-12(7)19/h1-5,18-19H,6H2. The van der Waals surface area contributed by atoms with E-state index in [4.69, 9.17) is 34.8 Å². The highest BCUT2D eigenvalue weighted by molar-refractivity contribution is 9.10. The van der Waals surface area contributed by atoms with Crippen molar-refractivity contribution < 1.29 is 5.11 Å². The number of aromatic hydroxyl groups is 1. The number of anilines is 1. The first-order valence-corrected chi connectivity index (χ1v) is 7.26. The molecule has 100 valence electrons. The van der Waals surface area contributed by atoms with Crippen molar-refractivity contribution in [2.24, 2.45) is 0 Å². The molecule has 6 heteroatoms. The summed E-state index contributed by atoms with van der Waals surface area (Å²) in [5.41, 5.74) is 1.29. The van der Waals surface area contributed by atoms with E-state index in [1.807, 2.05) is 0 Å². The van der Waals surface area contributed by atoms with Crippen molar-refractivity contribution in [1.82, 2.24) is 0 Å². The third kappa shape index (κ3) is 3.69. The summed E-state index contributed by atoms with van der Waals surface area (Å²) in [6.45, 7) is 0.369. The van der Waals surface area contributed by atoms with Gasteiger partial charge in [0.2, 0.25) is 0 Å². The van der Waals surface area contributed by atoms with Crippen molar-refractivity contribution in [1.29, 1.82) is 0 Å². The molecule has 0 radical (unpaired) electrons. The van der Waals surface area contributed by atoms with Gasteiger partial charge in [0.1, 0.15) is 5.75 Å². The first-order valence-electron chi connectivity index (χ1n) is 5.33. The second-order valence-electron chi connectivity index (χ2n) is 3.87. The van der Waals surface area contributed by atoms with Gasteiger partial charge < -0.3 is 10.4 Å². The number of nitrogens with one attached hydrogen (secondary N) is 1. The molecule has 0 saturated heterocycles. The summed E-state index contributed by atoms with van der Waals surface area (Å²) in [6.07, 6.45) is 0. The first kappa shape index (κ1) is 14.8. The number of phenols is 1. The van der Waals surface area contributed by atoms with Gasteiger partial charge in [-0.25, -0.2) is 0 Å². The summed E-state index contributed by atoms with van der Waals surface area (Å²) < 4.78 is 0.804. The monoisotopic (exact) mass is 379 g/mol. The molecule has 0 aromatic heterocycles. The van der Waals surface area contributed by atoms with Gasteiger partial charge in [0.05, 0.1) is 15.7 Å². The van der Waals surface area contributed by atoms with Gasteiger partial charge in [-0.05, 0) is 30.3 Å². The lowest BCUT2D eigenvalue weighted by molar-refractivity contribution is 0.469. The highest BCUT2D eigenvalue weighted by atomic mass is 79.9. The van der Waals surface area contributed by atoms with Gasteiger partial charge >= 0.3 is 0 Å². The van der Waals surface area contributed by atoms with E-state index in [1.165, 1.54) is 0 Å². The number of hydrogen-bond acceptors (Lipinski definition) is 2. The summed E-state index contributed by atoms with van der Waals surface area (Å²) in [6, 6.07) is 8.34. The van der Waals surface area contributed by atoms with Crippen molar-refractivity contribution in [2.45, 2.75) is 6.54 Å². The van der Waals surface area contributed by atoms with E-state index in [2.05, 4.69) is 21.2 Å². The van der Waals surface area contributed by atoms with Crippen LogP contribution in [-0.4, -0.2) is 5.11 Å². The van der Waals surface area contributed by atoms with Crippen LogP contribution >= 0.6 is 50.7 Å². The van der Waals surface area contributed by atoms with E-state index in [0.717, 1.165) is 4.47 Å². The van der Waals surface area contributed by atoms with Gasteiger partial charge in [0.25, 0.3) is 0 Å². The van der Waals surface area contributed by atoms with Crippen molar-refractivity contribution in [3.05, 3.63) is 55.4 Å². The highest BCUT2D eigenvalue weighted by Gasteiger charge is 2.09. The molecule has 0 bridgehead atoms. The molecule has 0 heterocycles. The van der Waals surface area contributed by atoms with Crippen molar-refractivity contribution in [2.75, 3.05) is 5.32 Å². The molecular formula is C13H9BrCl3NO. The molecule has 2 nitrogen and oxygen atoms in total. The summed E-state index contributed by atoms with van der Waals surface area (Å²) in [4.78, 5) is 0. The Balaban J connectivity index is 2.21. The Morgan fingerprint density at radius 3 is 2.32 bits per heavy atom. The lowest BCUT2D eigenvalue weighted by atomic mass is 10.2. The molecule has 2 N–H and O–H groups in total. The van der Waals surface area contributed by atoms with Crippen LogP contribution in [-0.2, 0) is 6.54 Å². The molecule has 2 aromatic rings. The smallest absolute Gasteiger partial charge is 0.120 e. The molecule has 0 atom stereocenters. The minimum atomic E-state index is 0.168. The van der Waals surface area contributed by atoms with Gasteiger partial charge in [-0.2, -0.15) is 0 Å². The van der Waals surface area contributed by atoms with Crippen LogP contribution in [0.4, 0.5) is 5.69 Å². The van der Waals surface area contributed by atoms with Crippen LogP contribution in [0.2, 0.25) is 15.1 Å². The maximum absolute atomic E-state index is 9.72. The van der Waals surface area contributed by atoms with Gasteiger partial charge in [0.15, 0.2) is 0 Å².